The van der Waals surface area contributed by atoms with E-state index in [1.165, 1.54) is 24.5 Å². The Kier molecular flexibility index (Phi) is 4.71. The summed E-state index contributed by atoms with van der Waals surface area (Å²) in [5.74, 6) is 0.799. The van der Waals surface area contributed by atoms with Gasteiger partial charge in [-0.15, -0.1) is 0 Å². The predicted octanol–water partition coefficient (Wildman–Crippen LogP) is 2.63. The predicted molar refractivity (Wildman–Crippen MR) is 91.7 cm³/mol. The van der Waals surface area contributed by atoms with Gasteiger partial charge in [0.1, 0.15) is 18.5 Å². The van der Waals surface area contributed by atoms with Gasteiger partial charge in [-0.25, -0.2) is 0 Å². The van der Waals surface area contributed by atoms with Crippen LogP contribution in [0.4, 0.5) is 0 Å². The first-order valence-corrected chi connectivity index (χ1v) is 8.43. The van der Waals surface area contributed by atoms with Crippen molar-refractivity contribution >= 4 is 5.78 Å². The van der Waals surface area contributed by atoms with Gasteiger partial charge in [-0.2, -0.15) is 5.10 Å². The summed E-state index contributed by atoms with van der Waals surface area (Å²) in [5, 5.41) is 14.6. The molecule has 3 rings (SSSR count). The first-order chi connectivity index (χ1) is 11.5. The molecule has 24 heavy (non-hydrogen) atoms. The van der Waals surface area contributed by atoms with Crippen LogP contribution in [0.1, 0.15) is 46.2 Å². The van der Waals surface area contributed by atoms with E-state index in [9.17, 15) is 9.90 Å². The number of benzene rings is 1. The van der Waals surface area contributed by atoms with Crippen molar-refractivity contribution in [3.8, 4) is 5.75 Å². The van der Waals surface area contributed by atoms with E-state index in [0.29, 0.717) is 17.8 Å². The quantitative estimate of drug-likeness (QED) is 0.828. The zero-order valence-corrected chi connectivity index (χ0v) is 14.5. The van der Waals surface area contributed by atoms with Crippen molar-refractivity contribution < 1.29 is 14.6 Å². The Hall–Kier alpha value is -2.14. The lowest BCUT2D eigenvalue weighted by Gasteiger charge is -2.14. The minimum atomic E-state index is -0.684. The third-order valence-electron chi connectivity index (χ3n) is 4.63. The molecule has 1 aromatic heterocycles. The van der Waals surface area contributed by atoms with E-state index >= 15 is 0 Å². The summed E-state index contributed by atoms with van der Waals surface area (Å²) in [6, 6.07) is 6.16. The van der Waals surface area contributed by atoms with Crippen LogP contribution in [0.5, 0.6) is 5.75 Å². The number of ether oxygens (including phenoxy) is 1. The number of aryl methyl sites for hydroxylation is 3. The van der Waals surface area contributed by atoms with Crippen molar-refractivity contribution in [2.24, 2.45) is 0 Å². The average molecular weight is 328 g/mol. The molecule has 1 aliphatic carbocycles. The van der Waals surface area contributed by atoms with Crippen LogP contribution in [0.3, 0.4) is 0 Å². The van der Waals surface area contributed by atoms with E-state index in [0.717, 1.165) is 24.3 Å². The summed E-state index contributed by atoms with van der Waals surface area (Å²) in [6.45, 7) is 5.71. The van der Waals surface area contributed by atoms with E-state index < -0.39 is 6.10 Å². The highest BCUT2D eigenvalue weighted by Crippen LogP contribution is 2.26. The van der Waals surface area contributed by atoms with E-state index in [4.69, 9.17) is 4.74 Å². The zero-order valence-electron chi connectivity index (χ0n) is 14.5. The maximum Gasteiger partial charge on any atom is 0.163 e. The third kappa shape index (κ3) is 3.36. The topological polar surface area (TPSA) is 64.4 Å². The minimum Gasteiger partial charge on any atom is -0.491 e. The van der Waals surface area contributed by atoms with Crippen LogP contribution in [0.15, 0.2) is 18.2 Å². The third-order valence-corrected chi connectivity index (χ3v) is 4.63. The second kappa shape index (κ2) is 6.77. The first kappa shape index (κ1) is 16.7. The molecular weight excluding hydrogens is 304 g/mol. The molecule has 0 amide bonds. The molecular formula is C19H24N2O3. The summed E-state index contributed by atoms with van der Waals surface area (Å²) < 4.78 is 7.41. The number of Topliss-reactive ketones (excluding diaryl/α,β-unsaturated/α-hetero) is 1. The van der Waals surface area contributed by atoms with Gasteiger partial charge in [0, 0.05) is 5.69 Å². The number of nitrogens with zero attached hydrogens (tertiary/aromatic N) is 2. The fraction of sp³-hybridized carbons (Fsp3) is 0.474. The molecule has 0 fully saturated rings. The molecule has 1 atom stereocenters. The molecule has 1 heterocycles. The Labute approximate surface area is 142 Å². The number of hydrogen-bond donors (Lipinski definition) is 1. The van der Waals surface area contributed by atoms with E-state index in [-0.39, 0.29) is 12.4 Å². The Balaban J connectivity index is 1.61. The van der Waals surface area contributed by atoms with Crippen molar-refractivity contribution in [1.82, 2.24) is 9.78 Å². The van der Waals surface area contributed by atoms with Gasteiger partial charge in [0.05, 0.1) is 17.8 Å². The number of aliphatic hydroxyl groups excluding tert-OH is 1. The number of aliphatic hydroxyl groups is 1. The molecule has 1 aromatic carbocycles. The van der Waals surface area contributed by atoms with Crippen LogP contribution in [0.2, 0.25) is 0 Å². The lowest BCUT2D eigenvalue weighted by Crippen LogP contribution is -2.25. The fourth-order valence-corrected chi connectivity index (χ4v) is 3.47. The number of aromatic nitrogens is 2. The Morgan fingerprint density at radius 2 is 2.08 bits per heavy atom. The average Bonchev–Trinajstić information content (AvgIpc) is 3.09. The number of fused-ring (bicyclic) bond motifs is 1. The molecule has 2 aromatic rings. The Bertz CT molecular complexity index is 764. The molecule has 128 valence electrons. The molecule has 0 saturated heterocycles. The van der Waals surface area contributed by atoms with Gasteiger partial charge in [-0.05, 0) is 63.3 Å². The number of carbonyl (C=O) groups excluding carboxylic acids is 1. The van der Waals surface area contributed by atoms with Gasteiger partial charge in [0.15, 0.2) is 5.78 Å². The maximum absolute atomic E-state index is 11.6. The fourth-order valence-electron chi connectivity index (χ4n) is 3.47. The smallest absolute Gasteiger partial charge is 0.163 e. The molecule has 5 nitrogen and oxygen atoms in total. The summed E-state index contributed by atoms with van der Waals surface area (Å²) in [4.78, 5) is 11.6. The van der Waals surface area contributed by atoms with Crippen molar-refractivity contribution in [2.45, 2.75) is 52.7 Å². The molecule has 1 aliphatic rings. The highest BCUT2D eigenvalue weighted by atomic mass is 16.5. The molecule has 1 N–H and O–H groups in total. The van der Waals surface area contributed by atoms with Gasteiger partial charge < -0.3 is 9.84 Å². The Morgan fingerprint density at radius 3 is 2.79 bits per heavy atom. The van der Waals surface area contributed by atoms with Gasteiger partial charge in [0.2, 0.25) is 0 Å². The zero-order chi connectivity index (χ0) is 17.3. The number of ketones is 1. The summed E-state index contributed by atoms with van der Waals surface area (Å²) >= 11 is 0. The lowest BCUT2D eigenvalue weighted by atomic mass is 10.1. The van der Waals surface area contributed by atoms with Crippen LogP contribution in [-0.2, 0) is 19.4 Å². The van der Waals surface area contributed by atoms with Crippen LogP contribution < -0.4 is 4.74 Å². The molecule has 5 heteroatoms. The maximum atomic E-state index is 11.6. The molecule has 0 radical (unpaired) electrons. The number of hydrogen-bond acceptors (Lipinski definition) is 4. The molecule has 0 bridgehead atoms. The van der Waals surface area contributed by atoms with Gasteiger partial charge in [0.25, 0.3) is 0 Å². The second-order valence-corrected chi connectivity index (χ2v) is 6.53. The van der Waals surface area contributed by atoms with Gasteiger partial charge in [-0.3, -0.25) is 9.48 Å². The van der Waals surface area contributed by atoms with Crippen LogP contribution in [-0.4, -0.2) is 33.4 Å². The standard InChI is InChI=1S/C19H24N2O3/c1-12-19(14(3)22)13(2)21(20-12)10-17(23)11-24-18-8-7-15-5-4-6-16(15)9-18/h7-9,17,23H,4-6,10-11H2,1-3H3/t17-/m1/s1. The van der Waals surface area contributed by atoms with Crippen molar-refractivity contribution in [2.75, 3.05) is 6.61 Å². The van der Waals surface area contributed by atoms with Crippen molar-refractivity contribution in [3.05, 3.63) is 46.3 Å². The monoisotopic (exact) mass is 328 g/mol. The molecule has 0 aliphatic heterocycles. The second-order valence-electron chi connectivity index (χ2n) is 6.53. The largest absolute Gasteiger partial charge is 0.491 e. The van der Waals surface area contributed by atoms with Crippen LogP contribution in [0, 0.1) is 13.8 Å². The minimum absolute atomic E-state index is 0.000121. The van der Waals surface area contributed by atoms with Crippen LogP contribution in [0.25, 0.3) is 0 Å². The summed E-state index contributed by atoms with van der Waals surface area (Å²) in [7, 11) is 0. The van der Waals surface area contributed by atoms with E-state index in [1.54, 1.807) is 4.68 Å². The van der Waals surface area contributed by atoms with Crippen molar-refractivity contribution in [1.29, 1.82) is 0 Å². The highest BCUT2D eigenvalue weighted by molar-refractivity contribution is 5.96. The summed E-state index contributed by atoms with van der Waals surface area (Å²) in [6.07, 6.45) is 2.78. The Morgan fingerprint density at radius 1 is 1.33 bits per heavy atom. The molecule has 0 spiro atoms. The number of rotatable bonds is 6. The molecule has 0 unspecified atom stereocenters. The van der Waals surface area contributed by atoms with Crippen molar-refractivity contribution in [3.63, 3.8) is 0 Å². The lowest BCUT2D eigenvalue weighted by molar-refractivity contribution is 0.0885. The number of carbonyl (C=O) groups is 1. The summed E-state index contributed by atoms with van der Waals surface area (Å²) in [5.41, 5.74) is 4.89. The van der Waals surface area contributed by atoms with E-state index in [1.807, 2.05) is 19.9 Å². The SMILES string of the molecule is CC(=O)c1c(C)nn(C[C@@H](O)COc2ccc3c(c2)CCC3)c1C. The molecule has 0 saturated carbocycles. The normalized spacial score (nSPS) is 14.5. The van der Waals surface area contributed by atoms with Gasteiger partial charge >= 0.3 is 0 Å². The highest BCUT2D eigenvalue weighted by Gasteiger charge is 2.18. The van der Waals surface area contributed by atoms with Gasteiger partial charge in [-0.1, -0.05) is 6.07 Å². The van der Waals surface area contributed by atoms with E-state index in [2.05, 4.69) is 17.2 Å². The first-order valence-electron chi connectivity index (χ1n) is 8.43. The van der Waals surface area contributed by atoms with Crippen LogP contribution >= 0.6 is 0 Å².